The second-order valence-corrected chi connectivity index (χ2v) is 5.95. The van der Waals surface area contributed by atoms with E-state index in [-0.39, 0.29) is 16.9 Å². The molecule has 1 aromatic carbocycles. The second kappa shape index (κ2) is 8.15. The van der Waals surface area contributed by atoms with E-state index < -0.39 is 5.82 Å². The summed E-state index contributed by atoms with van der Waals surface area (Å²) in [5.74, 6) is -0.578. The summed E-state index contributed by atoms with van der Waals surface area (Å²) in [5, 5.41) is 3.39. The maximum Gasteiger partial charge on any atom is 0.167 e. The normalized spacial score (nSPS) is 11.6. The predicted molar refractivity (Wildman–Crippen MR) is 81.6 cm³/mol. The largest absolute Gasteiger partial charge is 0.311 e. The van der Waals surface area contributed by atoms with Gasteiger partial charge in [-0.25, -0.2) is 4.39 Å². The minimum atomic E-state index is -0.434. The first-order valence-corrected chi connectivity index (χ1v) is 7.49. The van der Waals surface area contributed by atoms with Crippen LogP contribution in [-0.4, -0.2) is 17.9 Å². The molecule has 0 aliphatic rings. The minimum Gasteiger partial charge on any atom is -0.311 e. The molecule has 2 nitrogen and oxygen atoms in total. The van der Waals surface area contributed by atoms with Crippen LogP contribution in [0, 0.1) is 5.82 Å². The lowest BCUT2D eigenvalue weighted by Crippen LogP contribution is -2.41. The van der Waals surface area contributed by atoms with Crippen molar-refractivity contribution in [2.45, 2.75) is 58.4 Å². The van der Waals surface area contributed by atoms with Crippen LogP contribution >= 0.6 is 0 Å². The minimum absolute atomic E-state index is 0.144. The monoisotopic (exact) mass is 279 g/mol. The van der Waals surface area contributed by atoms with Gasteiger partial charge in [0.1, 0.15) is 5.82 Å². The molecule has 0 aliphatic carbocycles. The molecule has 0 atom stereocenters. The summed E-state index contributed by atoms with van der Waals surface area (Å²) in [6.07, 6.45) is 5.10. The van der Waals surface area contributed by atoms with E-state index in [9.17, 15) is 9.18 Å². The highest BCUT2D eigenvalue weighted by Crippen LogP contribution is 2.16. The van der Waals surface area contributed by atoms with Crippen molar-refractivity contribution in [3.63, 3.8) is 0 Å². The number of carbonyl (C=O) groups is 1. The summed E-state index contributed by atoms with van der Waals surface area (Å²) < 4.78 is 13.6. The average Bonchev–Trinajstić information content (AvgIpc) is 2.38. The number of hydrogen-bond donors (Lipinski definition) is 1. The maximum atomic E-state index is 13.6. The maximum absolute atomic E-state index is 13.6. The van der Waals surface area contributed by atoms with Crippen molar-refractivity contribution in [3.05, 3.63) is 35.6 Å². The standard InChI is InChI=1S/C17H26FNO/c1-4-5-6-9-12-19-17(2,3)13-16(20)14-10-7-8-11-15(14)18/h7-8,10-11,19H,4-6,9,12-13H2,1-3H3. The summed E-state index contributed by atoms with van der Waals surface area (Å²) in [6.45, 7) is 7.07. The number of benzene rings is 1. The van der Waals surface area contributed by atoms with Crippen LogP contribution in [0.25, 0.3) is 0 Å². The molecule has 0 saturated heterocycles. The molecule has 0 unspecified atom stereocenters. The zero-order chi connectivity index (χ0) is 15.0. The third kappa shape index (κ3) is 5.83. The van der Waals surface area contributed by atoms with Crippen LogP contribution in [0.4, 0.5) is 4.39 Å². The van der Waals surface area contributed by atoms with E-state index in [0.29, 0.717) is 6.42 Å². The number of halogens is 1. The fourth-order valence-electron chi connectivity index (χ4n) is 2.23. The Morgan fingerprint density at radius 2 is 1.90 bits per heavy atom. The van der Waals surface area contributed by atoms with Gasteiger partial charge in [0, 0.05) is 12.0 Å². The molecule has 20 heavy (non-hydrogen) atoms. The van der Waals surface area contributed by atoms with Crippen LogP contribution in [0.15, 0.2) is 24.3 Å². The molecule has 0 heterocycles. The Bertz CT molecular complexity index is 429. The number of unbranched alkanes of at least 4 members (excludes halogenated alkanes) is 3. The first kappa shape index (κ1) is 16.8. The molecule has 0 radical (unpaired) electrons. The zero-order valence-corrected chi connectivity index (χ0v) is 12.8. The van der Waals surface area contributed by atoms with Crippen molar-refractivity contribution in [2.24, 2.45) is 0 Å². The molecule has 1 rings (SSSR count). The molecular weight excluding hydrogens is 253 g/mol. The highest BCUT2D eigenvalue weighted by Gasteiger charge is 2.23. The Hall–Kier alpha value is -1.22. The van der Waals surface area contributed by atoms with Crippen molar-refractivity contribution < 1.29 is 9.18 Å². The van der Waals surface area contributed by atoms with Crippen molar-refractivity contribution in [3.8, 4) is 0 Å². The van der Waals surface area contributed by atoms with Gasteiger partial charge in [-0.3, -0.25) is 4.79 Å². The smallest absolute Gasteiger partial charge is 0.167 e. The molecule has 0 amide bonds. The zero-order valence-electron chi connectivity index (χ0n) is 12.8. The van der Waals surface area contributed by atoms with Gasteiger partial charge >= 0.3 is 0 Å². The highest BCUT2D eigenvalue weighted by atomic mass is 19.1. The van der Waals surface area contributed by atoms with Gasteiger partial charge in [0.05, 0.1) is 5.56 Å². The lowest BCUT2D eigenvalue weighted by atomic mass is 9.93. The van der Waals surface area contributed by atoms with Crippen molar-refractivity contribution in [2.75, 3.05) is 6.54 Å². The van der Waals surface area contributed by atoms with Crippen molar-refractivity contribution in [1.29, 1.82) is 0 Å². The summed E-state index contributed by atoms with van der Waals surface area (Å²) in [6, 6.07) is 6.18. The number of rotatable bonds is 9. The van der Waals surface area contributed by atoms with Crippen LogP contribution in [0.1, 0.15) is 63.2 Å². The van der Waals surface area contributed by atoms with Crippen molar-refractivity contribution in [1.82, 2.24) is 5.32 Å². The lowest BCUT2D eigenvalue weighted by Gasteiger charge is -2.25. The molecule has 112 valence electrons. The third-order valence-electron chi connectivity index (χ3n) is 3.41. The van der Waals surface area contributed by atoms with E-state index in [2.05, 4.69) is 12.2 Å². The molecule has 0 fully saturated rings. The van der Waals surface area contributed by atoms with E-state index in [1.165, 1.54) is 25.3 Å². The summed E-state index contributed by atoms with van der Waals surface area (Å²) in [4.78, 5) is 12.1. The van der Waals surface area contributed by atoms with E-state index in [1.807, 2.05) is 13.8 Å². The third-order valence-corrected chi connectivity index (χ3v) is 3.41. The Kier molecular flexibility index (Phi) is 6.86. The number of nitrogens with one attached hydrogen (secondary N) is 1. The van der Waals surface area contributed by atoms with Gasteiger partial charge in [-0.1, -0.05) is 38.3 Å². The molecule has 0 spiro atoms. The molecule has 0 saturated carbocycles. The first-order valence-electron chi connectivity index (χ1n) is 7.49. The van der Waals surface area contributed by atoms with Crippen LogP contribution in [0.3, 0.4) is 0 Å². The summed E-state index contributed by atoms with van der Waals surface area (Å²) in [7, 11) is 0. The lowest BCUT2D eigenvalue weighted by molar-refractivity contribution is 0.0945. The number of hydrogen-bond acceptors (Lipinski definition) is 2. The Balaban J connectivity index is 2.45. The molecule has 1 aromatic rings. The van der Waals surface area contributed by atoms with Crippen LogP contribution in [0.2, 0.25) is 0 Å². The Morgan fingerprint density at radius 3 is 2.55 bits per heavy atom. The molecular formula is C17H26FNO. The quantitative estimate of drug-likeness (QED) is 0.538. The van der Waals surface area contributed by atoms with E-state index in [0.717, 1.165) is 13.0 Å². The Labute approximate surface area is 121 Å². The fourth-order valence-corrected chi connectivity index (χ4v) is 2.23. The van der Waals surface area contributed by atoms with Crippen molar-refractivity contribution >= 4 is 5.78 Å². The van der Waals surface area contributed by atoms with E-state index in [4.69, 9.17) is 0 Å². The highest BCUT2D eigenvalue weighted by molar-refractivity contribution is 5.96. The summed E-state index contributed by atoms with van der Waals surface area (Å²) >= 11 is 0. The van der Waals surface area contributed by atoms with Gasteiger partial charge in [-0.05, 0) is 38.9 Å². The molecule has 1 N–H and O–H groups in total. The Morgan fingerprint density at radius 1 is 1.20 bits per heavy atom. The average molecular weight is 279 g/mol. The van der Waals surface area contributed by atoms with Gasteiger partial charge in [-0.2, -0.15) is 0 Å². The molecule has 3 heteroatoms. The number of ketones is 1. The predicted octanol–water partition coefficient (Wildman–Crippen LogP) is 4.35. The van der Waals surface area contributed by atoms with Gasteiger partial charge in [0.2, 0.25) is 0 Å². The fraction of sp³-hybridized carbons (Fsp3) is 0.588. The van der Waals surface area contributed by atoms with Crippen LogP contribution in [0.5, 0.6) is 0 Å². The van der Waals surface area contributed by atoms with E-state index in [1.54, 1.807) is 18.2 Å². The van der Waals surface area contributed by atoms with Crippen LogP contribution < -0.4 is 5.32 Å². The number of Topliss-reactive ketones (excluding diaryl/α,β-unsaturated/α-hetero) is 1. The molecule has 0 aromatic heterocycles. The van der Waals surface area contributed by atoms with Crippen LogP contribution in [-0.2, 0) is 0 Å². The summed E-state index contributed by atoms with van der Waals surface area (Å²) in [5.41, 5.74) is -0.112. The van der Waals surface area contributed by atoms with Gasteiger partial charge in [0.15, 0.2) is 5.78 Å². The number of carbonyl (C=O) groups excluding carboxylic acids is 1. The van der Waals surface area contributed by atoms with Gasteiger partial charge in [0.25, 0.3) is 0 Å². The van der Waals surface area contributed by atoms with Gasteiger partial charge in [-0.15, -0.1) is 0 Å². The second-order valence-electron chi connectivity index (χ2n) is 5.95. The van der Waals surface area contributed by atoms with Gasteiger partial charge < -0.3 is 5.32 Å². The molecule has 0 bridgehead atoms. The SMILES string of the molecule is CCCCCCNC(C)(C)CC(=O)c1ccccc1F. The first-order chi connectivity index (χ1) is 9.46. The topological polar surface area (TPSA) is 29.1 Å². The molecule has 0 aliphatic heterocycles. The van der Waals surface area contributed by atoms with E-state index >= 15 is 0 Å².